The van der Waals surface area contributed by atoms with Crippen LogP contribution in [-0.4, -0.2) is 11.8 Å². The molecule has 0 radical (unpaired) electrons. The van der Waals surface area contributed by atoms with Crippen LogP contribution in [0.2, 0.25) is 0 Å². The van der Waals surface area contributed by atoms with E-state index < -0.39 is 11.9 Å². The predicted octanol–water partition coefficient (Wildman–Crippen LogP) is 3.46. The number of benzene rings is 2. The quantitative estimate of drug-likeness (QED) is 0.478. The predicted molar refractivity (Wildman–Crippen MR) is 80.6 cm³/mol. The van der Waals surface area contributed by atoms with Crippen molar-refractivity contribution in [1.82, 2.24) is 0 Å². The maximum Gasteiger partial charge on any atom is 0.323 e. The van der Waals surface area contributed by atoms with E-state index in [1.165, 1.54) is 6.92 Å². The minimum atomic E-state index is -0.580. The van der Waals surface area contributed by atoms with Gasteiger partial charge in [-0.05, 0) is 11.1 Å². The van der Waals surface area contributed by atoms with E-state index in [9.17, 15) is 9.59 Å². The first-order valence-corrected chi connectivity index (χ1v) is 6.61. The van der Waals surface area contributed by atoms with Crippen molar-refractivity contribution in [3.05, 3.63) is 84.1 Å². The van der Waals surface area contributed by atoms with E-state index in [0.29, 0.717) is 0 Å². The fraction of sp³-hybridized carbons (Fsp3) is 0.111. The first-order chi connectivity index (χ1) is 10.1. The highest BCUT2D eigenvalue weighted by atomic mass is 16.5. The lowest BCUT2D eigenvalue weighted by Crippen LogP contribution is -2.18. The van der Waals surface area contributed by atoms with Crippen molar-refractivity contribution in [2.75, 3.05) is 0 Å². The summed E-state index contributed by atoms with van der Waals surface area (Å²) < 4.78 is 5.10. The molecule has 0 amide bonds. The van der Waals surface area contributed by atoms with Gasteiger partial charge in [0.1, 0.15) is 5.92 Å². The first-order valence-electron chi connectivity index (χ1n) is 6.61. The summed E-state index contributed by atoms with van der Waals surface area (Å²) in [4.78, 5) is 23.6. The second kappa shape index (κ2) is 6.66. The van der Waals surface area contributed by atoms with Gasteiger partial charge in [-0.2, -0.15) is 0 Å². The van der Waals surface area contributed by atoms with Crippen molar-refractivity contribution in [3.63, 3.8) is 0 Å². The van der Waals surface area contributed by atoms with Crippen LogP contribution in [0, 0.1) is 0 Å². The number of esters is 1. The molecule has 3 nitrogen and oxygen atoms in total. The van der Waals surface area contributed by atoms with Crippen LogP contribution in [0.5, 0.6) is 0 Å². The third kappa shape index (κ3) is 3.66. The van der Waals surface area contributed by atoms with Crippen molar-refractivity contribution in [2.45, 2.75) is 12.8 Å². The highest BCUT2D eigenvalue weighted by Gasteiger charge is 2.25. The van der Waals surface area contributed by atoms with Crippen LogP contribution in [0.25, 0.3) is 0 Å². The molecule has 0 saturated heterocycles. The SMILES string of the molecule is C=C(OC(=O)C(c1ccccc1)c1ccccc1)C(C)=O. The Morgan fingerprint density at radius 1 is 0.905 bits per heavy atom. The van der Waals surface area contributed by atoms with Crippen molar-refractivity contribution in [2.24, 2.45) is 0 Å². The van der Waals surface area contributed by atoms with Crippen LogP contribution in [0.1, 0.15) is 24.0 Å². The van der Waals surface area contributed by atoms with Crippen LogP contribution in [-0.2, 0) is 14.3 Å². The van der Waals surface area contributed by atoms with Gasteiger partial charge in [0, 0.05) is 6.92 Å². The van der Waals surface area contributed by atoms with Gasteiger partial charge in [0.05, 0.1) is 0 Å². The number of hydrogen-bond donors (Lipinski definition) is 0. The van der Waals surface area contributed by atoms with E-state index in [2.05, 4.69) is 6.58 Å². The summed E-state index contributed by atoms with van der Waals surface area (Å²) >= 11 is 0. The van der Waals surface area contributed by atoms with Gasteiger partial charge in [0.2, 0.25) is 0 Å². The van der Waals surface area contributed by atoms with Crippen molar-refractivity contribution in [3.8, 4) is 0 Å². The van der Waals surface area contributed by atoms with Crippen LogP contribution in [0.15, 0.2) is 73.0 Å². The van der Waals surface area contributed by atoms with Crippen molar-refractivity contribution < 1.29 is 14.3 Å². The molecule has 21 heavy (non-hydrogen) atoms. The monoisotopic (exact) mass is 280 g/mol. The molecular formula is C18H16O3. The number of carbonyl (C=O) groups excluding carboxylic acids is 2. The maximum atomic E-state index is 12.4. The van der Waals surface area contributed by atoms with Crippen LogP contribution < -0.4 is 0 Å². The van der Waals surface area contributed by atoms with Gasteiger partial charge < -0.3 is 4.74 Å². The van der Waals surface area contributed by atoms with Gasteiger partial charge in [0.15, 0.2) is 11.5 Å². The first kappa shape index (κ1) is 14.7. The average Bonchev–Trinajstić information content (AvgIpc) is 2.49. The van der Waals surface area contributed by atoms with Crippen molar-refractivity contribution in [1.29, 1.82) is 0 Å². The zero-order valence-electron chi connectivity index (χ0n) is 11.8. The summed E-state index contributed by atoms with van der Waals surface area (Å²) in [7, 11) is 0. The molecule has 0 atom stereocenters. The highest BCUT2D eigenvalue weighted by molar-refractivity contribution is 5.94. The van der Waals surface area contributed by atoms with Crippen LogP contribution >= 0.6 is 0 Å². The van der Waals surface area contributed by atoms with Crippen LogP contribution in [0.4, 0.5) is 0 Å². The molecular weight excluding hydrogens is 264 g/mol. The summed E-state index contributed by atoms with van der Waals surface area (Å²) in [5.74, 6) is -1.59. The largest absolute Gasteiger partial charge is 0.423 e. The van der Waals surface area contributed by atoms with Gasteiger partial charge >= 0.3 is 5.97 Å². The molecule has 0 aliphatic rings. The Kier molecular flexibility index (Phi) is 4.67. The van der Waals surface area contributed by atoms with Gasteiger partial charge in [-0.15, -0.1) is 0 Å². The smallest absolute Gasteiger partial charge is 0.323 e. The zero-order chi connectivity index (χ0) is 15.2. The maximum absolute atomic E-state index is 12.4. The van der Waals surface area contributed by atoms with Crippen LogP contribution in [0.3, 0.4) is 0 Å². The molecule has 0 aliphatic carbocycles. The number of ketones is 1. The topological polar surface area (TPSA) is 43.4 Å². The molecule has 0 spiro atoms. The van der Waals surface area contributed by atoms with Crippen molar-refractivity contribution >= 4 is 11.8 Å². The molecule has 2 aromatic carbocycles. The Bertz CT molecular complexity index is 605. The van der Waals surface area contributed by atoms with E-state index in [0.717, 1.165) is 11.1 Å². The molecule has 0 unspecified atom stereocenters. The van der Waals surface area contributed by atoms with E-state index in [4.69, 9.17) is 4.74 Å². The zero-order valence-corrected chi connectivity index (χ0v) is 11.8. The highest BCUT2D eigenvalue weighted by Crippen LogP contribution is 2.26. The Hall–Kier alpha value is -2.68. The van der Waals surface area contributed by atoms with Gasteiger partial charge in [0.25, 0.3) is 0 Å². The summed E-state index contributed by atoms with van der Waals surface area (Å²) in [5.41, 5.74) is 1.62. The number of hydrogen-bond acceptors (Lipinski definition) is 3. The minimum absolute atomic E-state index is 0.142. The van der Waals surface area contributed by atoms with Gasteiger partial charge in [-0.3, -0.25) is 9.59 Å². The number of Topliss-reactive ketones (excluding diaryl/α,β-unsaturated/α-hetero) is 1. The van der Waals surface area contributed by atoms with E-state index in [-0.39, 0.29) is 11.5 Å². The number of ether oxygens (including phenoxy) is 1. The summed E-state index contributed by atoms with van der Waals surface area (Å²) in [5, 5.41) is 0. The molecule has 0 fully saturated rings. The van der Waals surface area contributed by atoms with E-state index in [1.54, 1.807) is 0 Å². The molecule has 106 valence electrons. The Labute approximate surface area is 123 Å². The molecule has 2 rings (SSSR count). The molecule has 0 saturated carbocycles. The molecule has 0 heterocycles. The molecule has 3 heteroatoms. The average molecular weight is 280 g/mol. The van der Waals surface area contributed by atoms with E-state index in [1.807, 2.05) is 60.7 Å². The summed E-state index contributed by atoms with van der Waals surface area (Å²) in [6.45, 7) is 4.79. The normalized spacial score (nSPS) is 10.2. The fourth-order valence-corrected chi connectivity index (χ4v) is 2.01. The number of rotatable bonds is 5. The number of carbonyl (C=O) groups is 2. The Balaban J connectivity index is 2.35. The third-order valence-corrected chi connectivity index (χ3v) is 3.12. The second-order valence-electron chi connectivity index (χ2n) is 4.65. The molecule has 0 N–H and O–H groups in total. The molecule has 0 aliphatic heterocycles. The van der Waals surface area contributed by atoms with Gasteiger partial charge in [-0.1, -0.05) is 67.2 Å². The lowest BCUT2D eigenvalue weighted by Gasteiger charge is -2.17. The Morgan fingerprint density at radius 2 is 1.33 bits per heavy atom. The number of allylic oxidation sites excluding steroid dienone is 1. The van der Waals surface area contributed by atoms with Gasteiger partial charge in [-0.25, -0.2) is 0 Å². The lowest BCUT2D eigenvalue weighted by atomic mass is 9.91. The lowest BCUT2D eigenvalue weighted by molar-refractivity contribution is -0.142. The third-order valence-electron chi connectivity index (χ3n) is 3.12. The summed E-state index contributed by atoms with van der Waals surface area (Å²) in [6.07, 6.45) is 0. The standard InChI is InChI=1S/C18H16O3/c1-13(19)14(2)21-18(20)17(15-9-5-3-6-10-15)16-11-7-4-8-12-16/h3-12,17H,2H2,1H3. The molecule has 0 aromatic heterocycles. The molecule has 2 aromatic rings. The van der Waals surface area contributed by atoms with E-state index >= 15 is 0 Å². The molecule has 0 bridgehead atoms. The fourth-order valence-electron chi connectivity index (χ4n) is 2.01. The summed E-state index contributed by atoms with van der Waals surface area (Å²) in [6, 6.07) is 18.6. The Morgan fingerprint density at radius 3 is 1.71 bits per heavy atom. The minimum Gasteiger partial charge on any atom is -0.423 e. The second-order valence-corrected chi connectivity index (χ2v) is 4.65.